The van der Waals surface area contributed by atoms with Crippen LogP contribution in [0.1, 0.15) is 25.7 Å². The number of hydrogen-bond donors (Lipinski definition) is 3. The molecule has 116 valence electrons. The molecule has 1 heterocycles. The minimum Gasteiger partial charge on any atom is -0.397 e. The number of amides is 1. The normalized spacial score (nSPS) is 19.4. The predicted molar refractivity (Wildman–Crippen MR) is 85.4 cm³/mol. The van der Waals surface area contributed by atoms with Gasteiger partial charge in [0.2, 0.25) is 5.91 Å². The average molecular weight is 312 g/mol. The highest BCUT2D eigenvalue weighted by Gasteiger charge is 2.23. The highest BCUT2D eigenvalue weighted by Crippen LogP contribution is 2.23. The molecule has 1 amide bonds. The number of aliphatic hydroxyl groups is 1. The van der Waals surface area contributed by atoms with E-state index >= 15 is 0 Å². The Morgan fingerprint density at radius 1 is 1.48 bits per heavy atom. The maximum atomic E-state index is 12.2. The zero-order valence-electron chi connectivity index (χ0n) is 12.0. The van der Waals surface area contributed by atoms with Gasteiger partial charge in [0.25, 0.3) is 0 Å². The minimum absolute atomic E-state index is 0.0890. The quantitative estimate of drug-likeness (QED) is 0.728. The van der Waals surface area contributed by atoms with Crippen LogP contribution in [0.5, 0.6) is 0 Å². The first-order chi connectivity index (χ1) is 10.1. The van der Waals surface area contributed by atoms with Crippen molar-refractivity contribution >= 4 is 28.9 Å². The van der Waals surface area contributed by atoms with Crippen molar-refractivity contribution in [3.8, 4) is 0 Å². The van der Waals surface area contributed by atoms with Gasteiger partial charge < -0.3 is 16.2 Å². The summed E-state index contributed by atoms with van der Waals surface area (Å²) >= 11 is 5.84. The van der Waals surface area contributed by atoms with Crippen molar-refractivity contribution in [3.63, 3.8) is 0 Å². The van der Waals surface area contributed by atoms with Crippen LogP contribution in [0.15, 0.2) is 18.2 Å². The fourth-order valence-corrected chi connectivity index (χ4v) is 2.95. The molecule has 1 aromatic carbocycles. The van der Waals surface area contributed by atoms with Gasteiger partial charge in [-0.2, -0.15) is 0 Å². The Labute approximate surface area is 130 Å². The van der Waals surface area contributed by atoms with Crippen LogP contribution >= 0.6 is 11.6 Å². The second-order valence-corrected chi connectivity index (χ2v) is 5.85. The first kappa shape index (κ1) is 16.1. The third kappa shape index (κ3) is 4.59. The van der Waals surface area contributed by atoms with Gasteiger partial charge in [-0.1, -0.05) is 18.0 Å². The van der Waals surface area contributed by atoms with E-state index in [4.69, 9.17) is 22.4 Å². The SMILES string of the molecule is Nc1cc(Cl)ccc1NC(=O)CN1CCCCC1CCO. The van der Waals surface area contributed by atoms with E-state index in [1.54, 1.807) is 18.2 Å². The number of carbonyl (C=O) groups excluding carboxylic acids is 1. The minimum atomic E-state index is -0.0890. The van der Waals surface area contributed by atoms with Gasteiger partial charge in [-0.15, -0.1) is 0 Å². The lowest BCUT2D eigenvalue weighted by Crippen LogP contribution is -2.44. The Morgan fingerprint density at radius 3 is 3.00 bits per heavy atom. The van der Waals surface area contributed by atoms with E-state index in [1.807, 2.05) is 0 Å². The maximum absolute atomic E-state index is 12.2. The lowest BCUT2D eigenvalue weighted by Gasteiger charge is -2.34. The zero-order chi connectivity index (χ0) is 15.2. The lowest BCUT2D eigenvalue weighted by atomic mass is 9.99. The molecule has 1 aliphatic rings. The number of nitrogens with two attached hydrogens (primary N) is 1. The van der Waals surface area contributed by atoms with E-state index in [-0.39, 0.29) is 18.6 Å². The van der Waals surface area contributed by atoms with Crippen LogP contribution < -0.4 is 11.1 Å². The average Bonchev–Trinajstić information content (AvgIpc) is 2.44. The molecule has 6 heteroatoms. The molecule has 0 radical (unpaired) electrons. The number of nitrogens with one attached hydrogen (secondary N) is 1. The molecule has 0 saturated carbocycles. The molecule has 1 atom stereocenters. The van der Waals surface area contributed by atoms with Crippen LogP contribution in [-0.4, -0.2) is 41.7 Å². The van der Waals surface area contributed by atoms with E-state index in [9.17, 15) is 4.79 Å². The van der Waals surface area contributed by atoms with Gasteiger partial charge >= 0.3 is 0 Å². The van der Waals surface area contributed by atoms with Gasteiger partial charge in [-0.05, 0) is 44.0 Å². The molecule has 21 heavy (non-hydrogen) atoms. The summed E-state index contributed by atoms with van der Waals surface area (Å²) in [6, 6.07) is 5.31. The number of carbonyl (C=O) groups is 1. The third-order valence-corrected chi connectivity index (χ3v) is 4.08. The van der Waals surface area contributed by atoms with Gasteiger partial charge in [0, 0.05) is 17.7 Å². The number of halogens is 1. The number of rotatable bonds is 5. The molecule has 0 bridgehead atoms. The third-order valence-electron chi connectivity index (χ3n) is 3.85. The van der Waals surface area contributed by atoms with E-state index in [0.29, 0.717) is 22.9 Å². The predicted octanol–water partition coefficient (Wildman–Crippen LogP) is 2.10. The topological polar surface area (TPSA) is 78.6 Å². The summed E-state index contributed by atoms with van der Waals surface area (Å²) < 4.78 is 0. The Kier molecular flexibility index (Phi) is 5.85. The van der Waals surface area contributed by atoms with Crippen molar-refractivity contribution in [2.24, 2.45) is 0 Å². The molecule has 1 unspecified atom stereocenters. The summed E-state index contributed by atoms with van der Waals surface area (Å²) in [6.45, 7) is 1.38. The second kappa shape index (κ2) is 7.64. The Bertz CT molecular complexity index is 494. The maximum Gasteiger partial charge on any atom is 0.238 e. The fourth-order valence-electron chi connectivity index (χ4n) is 2.77. The van der Waals surface area contributed by atoms with Gasteiger partial charge in [0.15, 0.2) is 0 Å². The Balaban J connectivity index is 1.93. The van der Waals surface area contributed by atoms with Crippen molar-refractivity contribution in [3.05, 3.63) is 23.2 Å². The number of hydrogen-bond acceptors (Lipinski definition) is 4. The van der Waals surface area contributed by atoms with Crippen LogP contribution in [0, 0.1) is 0 Å². The summed E-state index contributed by atoms with van der Waals surface area (Å²) in [5.74, 6) is -0.0890. The zero-order valence-corrected chi connectivity index (χ0v) is 12.8. The molecule has 1 saturated heterocycles. The summed E-state index contributed by atoms with van der Waals surface area (Å²) in [7, 11) is 0. The number of nitrogen functional groups attached to an aromatic ring is 1. The smallest absolute Gasteiger partial charge is 0.238 e. The second-order valence-electron chi connectivity index (χ2n) is 5.41. The molecule has 1 aromatic rings. The Hall–Kier alpha value is -1.30. The lowest BCUT2D eigenvalue weighted by molar-refractivity contribution is -0.118. The van der Waals surface area contributed by atoms with Gasteiger partial charge in [0.1, 0.15) is 0 Å². The molecule has 1 aliphatic heterocycles. The summed E-state index contributed by atoms with van der Waals surface area (Å²) in [5.41, 5.74) is 6.88. The summed E-state index contributed by atoms with van der Waals surface area (Å²) in [5, 5.41) is 12.5. The molecule has 2 rings (SSSR count). The van der Waals surface area contributed by atoms with Crippen molar-refractivity contribution in [1.82, 2.24) is 4.90 Å². The van der Waals surface area contributed by atoms with Gasteiger partial charge in [-0.25, -0.2) is 0 Å². The van der Waals surface area contributed by atoms with E-state index < -0.39 is 0 Å². The van der Waals surface area contributed by atoms with Gasteiger partial charge in [-0.3, -0.25) is 9.69 Å². The number of anilines is 2. The molecular weight excluding hydrogens is 290 g/mol. The molecular formula is C15H22ClN3O2. The molecule has 0 spiro atoms. The van der Waals surface area contributed by atoms with Crippen LogP contribution in [0.4, 0.5) is 11.4 Å². The Morgan fingerprint density at radius 2 is 2.29 bits per heavy atom. The molecule has 0 aromatic heterocycles. The molecule has 5 nitrogen and oxygen atoms in total. The summed E-state index contributed by atoms with van der Waals surface area (Å²) in [6.07, 6.45) is 4.01. The van der Waals surface area contributed by atoms with Crippen molar-refractivity contribution in [1.29, 1.82) is 0 Å². The van der Waals surface area contributed by atoms with Gasteiger partial charge in [0.05, 0.1) is 17.9 Å². The molecule has 1 fully saturated rings. The van der Waals surface area contributed by atoms with Crippen LogP contribution in [0.3, 0.4) is 0 Å². The fraction of sp³-hybridized carbons (Fsp3) is 0.533. The van der Waals surface area contributed by atoms with Crippen LogP contribution in [0.25, 0.3) is 0 Å². The summed E-state index contributed by atoms with van der Waals surface area (Å²) in [4.78, 5) is 14.3. The van der Waals surface area contributed by atoms with Crippen LogP contribution in [-0.2, 0) is 4.79 Å². The van der Waals surface area contributed by atoms with Crippen molar-refractivity contribution in [2.45, 2.75) is 31.7 Å². The van der Waals surface area contributed by atoms with E-state index in [1.165, 1.54) is 0 Å². The number of benzene rings is 1. The van der Waals surface area contributed by atoms with Crippen LogP contribution in [0.2, 0.25) is 5.02 Å². The number of nitrogens with zero attached hydrogens (tertiary/aromatic N) is 1. The van der Waals surface area contributed by atoms with E-state index in [2.05, 4.69) is 10.2 Å². The highest BCUT2D eigenvalue weighted by molar-refractivity contribution is 6.31. The first-order valence-corrected chi connectivity index (χ1v) is 7.67. The number of piperidine rings is 1. The van der Waals surface area contributed by atoms with Crippen molar-refractivity contribution < 1.29 is 9.90 Å². The molecule has 4 N–H and O–H groups in total. The number of aliphatic hydroxyl groups excluding tert-OH is 1. The van der Waals surface area contributed by atoms with Crippen molar-refractivity contribution in [2.75, 3.05) is 30.7 Å². The highest BCUT2D eigenvalue weighted by atomic mass is 35.5. The monoisotopic (exact) mass is 311 g/mol. The largest absolute Gasteiger partial charge is 0.397 e. The number of likely N-dealkylation sites (tertiary alicyclic amines) is 1. The molecule has 0 aliphatic carbocycles. The standard InChI is InChI=1S/C15H22ClN3O2/c16-11-4-5-14(13(17)9-11)18-15(21)10-19-7-2-1-3-12(19)6-8-20/h4-5,9,12,20H,1-3,6-8,10,17H2,(H,18,21). The first-order valence-electron chi connectivity index (χ1n) is 7.30. The van der Waals surface area contributed by atoms with E-state index in [0.717, 1.165) is 32.2 Å².